The van der Waals surface area contributed by atoms with E-state index in [0.717, 1.165) is 16.8 Å². The quantitative estimate of drug-likeness (QED) is 0.728. The largest absolute Gasteiger partial charge is 0.497 e. The highest BCUT2D eigenvalue weighted by Crippen LogP contribution is 2.50. The van der Waals surface area contributed by atoms with Crippen molar-refractivity contribution in [2.75, 3.05) is 12.4 Å². The van der Waals surface area contributed by atoms with Gasteiger partial charge in [0.05, 0.1) is 19.3 Å². The predicted octanol–water partition coefficient (Wildman–Crippen LogP) is 1.25. The standard InChI is InChI=1S/C24H25N3O4/c1-13(2)20-18-19(24(26-20)16-6-4-5-7-17(16)25-23(24)30)22(29)27(21(18)28)12-14-8-10-15(31-3)11-9-14/h4-11,13,18-20,26H,12H2,1-3H3,(H,25,30)/p+1/t18-,19-,20-,24-/m0/s1. The molecule has 5 rings (SSSR count). The van der Waals surface area contributed by atoms with Crippen molar-refractivity contribution >= 4 is 23.4 Å². The Bertz CT molecular complexity index is 1080. The van der Waals surface area contributed by atoms with Gasteiger partial charge in [0, 0.05) is 11.5 Å². The second-order valence-corrected chi connectivity index (χ2v) is 8.97. The summed E-state index contributed by atoms with van der Waals surface area (Å²) in [6.45, 7) is 4.28. The number of amides is 3. The zero-order valence-electron chi connectivity index (χ0n) is 17.8. The highest BCUT2D eigenvalue weighted by atomic mass is 16.5. The van der Waals surface area contributed by atoms with Crippen molar-refractivity contribution in [2.45, 2.75) is 32.0 Å². The summed E-state index contributed by atoms with van der Waals surface area (Å²) in [7, 11) is 1.59. The van der Waals surface area contributed by atoms with Gasteiger partial charge in [-0.05, 0) is 23.8 Å². The molecule has 160 valence electrons. The van der Waals surface area contributed by atoms with Crippen LogP contribution < -0.4 is 15.4 Å². The maximum atomic E-state index is 13.7. The van der Waals surface area contributed by atoms with Gasteiger partial charge < -0.3 is 15.4 Å². The number of nitrogens with one attached hydrogen (secondary N) is 1. The van der Waals surface area contributed by atoms with Crippen molar-refractivity contribution in [2.24, 2.45) is 17.8 Å². The third kappa shape index (κ3) is 2.66. The zero-order valence-corrected chi connectivity index (χ0v) is 17.8. The highest BCUT2D eigenvalue weighted by Gasteiger charge is 2.74. The maximum absolute atomic E-state index is 13.7. The van der Waals surface area contributed by atoms with Crippen molar-refractivity contribution in [3.05, 3.63) is 59.7 Å². The number of likely N-dealkylation sites (tertiary alicyclic amines) is 1. The van der Waals surface area contributed by atoms with E-state index in [9.17, 15) is 14.4 Å². The third-order valence-electron chi connectivity index (χ3n) is 7.07. The number of benzene rings is 2. The molecule has 0 saturated carbocycles. The average Bonchev–Trinajstić information content (AvgIpc) is 3.35. The Morgan fingerprint density at radius 1 is 1.06 bits per heavy atom. The van der Waals surface area contributed by atoms with Crippen molar-refractivity contribution in [3.8, 4) is 5.75 Å². The summed E-state index contributed by atoms with van der Waals surface area (Å²) in [6.07, 6.45) is 0. The molecular formula is C24H26N3O4+. The molecule has 3 amide bonds. The fourth-order valence-corrected chi connectivity index (χ4v) is 5.58. The molecule has 2 aromatic rings. The van der Waals surface area contributed by atoms with Crippen LogP contribution in [0.25, 0.3) is 0 Å². The van der Waals surface area contributed by atoms with E-state index in [4.69, 9.17) is 4.74 Å². The predicted molar refractivity (Wildman–Crippen MR) is 113 cm³/mol. The number of anilines is 1. The number of carbonyl (C=O) groups is 3. The fourth-order valence-electron chi connectivity index (χ4n) is 5.58. The van der Waals surface area contributed by atoms with Crippen molar-refractivity contribution in [1.82, 2.24) is 4.90 Å². The van der Waals surface area contributed by atoms with E-state index in [1.807, 2.05) is 67.7 Å². The molecule has 2 saturated heterocycles. The fraction of sp³-hybridized carbons (Fsp3) is 0.375. The van der Waals surface area contributed by atoms with Crippen molar-refractivity contribution in [1.29, 1.82) is 0 Å². The van der Waals surface area contributed by atoms with E-state index in [-0.39, 0.29) is 36.2 Å². The van der Waals surface area contributed by atoms with Crippen LogP contribution in [0.1, 0.15) is 25.0 Å². The number of methoxy groups -OCH3 is 1. The molecule has 0 radical (unpaired) electrons. The number of rotatable bonds is 4. The number of quaternary nitrogens is 1. The Morgan fingerprint density at radius 2 is 1.77 bits per heavy atom. The first-order valence-electron chi connectivity index (χ1n) is 10.6. The lowest BCUT2D eigenvalue weighted by atomic mass is 9.76. The number of nitrogens with zero attached hydrogens (tertiary/aromatic N) is 1. The molecule has 3 aliphatic heterocycles. The summed E-state index contributed by atoms with van der Waals surface area (Å²) in [5, 5.41) is 4.93. The monoisotopic (exact) mass is 420 g/mol. The van der Waals surface area contributed by atoms with Gasteiger partial charge in [-0.25, -0.2) is 0 Å². The van der Waals surface area contributed by atoms with Gasteiger partial charge in [0.2, 0.25) is 17.4 Å². The first-order chi connectivity index (χ1) is 14.9. The van der Waals surface area contributed by atoms with Crippen LogP contribution in [0.3, 0.4) is 0 Å². The summed E-state index contributed by atoms with van der Waals surface area (Å²) >= 11 is 0. The third-order valence-corrected chi connectivity index (χ3v) is 7.07. The van der Waals surface area contributed by atoms with Crippen LogP contribution in [-0.2, 0) is 26.5 Å². The molecule has 3 N–H and O–H groups in total. The summed E-state index contributed by atoms with van der Waals surface area (Å²) < 4.78 is 5.19. The van der Waals surface area contributed by atoms with Gasteiger partial charge in [-0.3, -0.25) is 19.3 Å². The van der Waals surface area contributed by atoms with E-state index >= 15 is 0 Å². The van der Waals surface area contributed by atoms with E-state index in [2.05, 4.69) is 5.32 Å². The second-order valence-electron chi connectivity index (χ2n) is 8.97. The molecule has 0 aliphatic carbocycles. The Labute approximate surface area is 180 Å². The van der Waals surface area contributed by atoms with Crippen LogP contribution in [-0.4, -0.2) is 35.8 Å². The number of ether oxygens (including phenoxy) is 1. The van der Waals surface area contributed by atoms with E-state index < -0.39 is 17.4 Å². The summed E-state index contributed by atoms with van der Waals surface area (Å²) in [6, 6.07) is 14.7. The topological polar surface area (TPSA) is 92.3 Å². The SMILES string of the molecule is COc1ccc(CN2C(=O)[C@H]3[C@@H](C2=O)[C@]2([NH2+][C@H]3C(C)C)C(=O)Nc3ccccc32)cc1. The van der Waals surface area contributed by atoms with Crippen LogP contribution in [0.5, 0.6) is 5.75 Å². The number of nitrogens with two attached hydrogens (primary N) is 1. The lowest BCUT2D eigenvalue weighted by Gasteiger charge is -2.27. The molecule has 7 nitrogen and oxygen atoms in total. The lowest BCUT2D eigenvalue weighted by molar-refractivity contribution is -0.738. The molecule has 0 unspecified atom stereocenters. The van der Waals surface area contributed by atoms with Gasteiger partial charge in [0.15, 0.2) is 0 Å². The molecule has 3 heterocycles. The minimum atomic E-state index is -1.10. The van der Waals surface area contributed by atoms with Gasteiger partial charge in [0.1, 0.15) is 23.6 Å². The molecule has 4 atom stereocenters. The van der Waals surface area contributed by atoms with Gasteiger partial charge in [0.25, 0.3) is 5.91 Å². The molecule has 7 heteroatoms. The Kier molecular flexibility index (Phi) is 4.41. The van der Waals surface area contributed by atoms with Crippen LogP contribution in [0.4, 0.5) is 5.69 Å². The number of hydrogen-bond donors (Lipinski definition) is 2. The molecule has 0 aromatic heterocycles. The van der Waals surface area contributed by atoms with Crippen molar-refractivity contribution < 1.29 is 24.4 Å². The van der Waals surface area contributed by atoms with Gasteiger partial charge in [-0.1, -0.05) is 44.2 Å². The minimum Gasteiger partial charge on any atom is -0.497 e. The number of imide groups is 1. The highest BCUT2D eigenvalue weighted by molar-refractivity contribution is 6.13. The number of fused-ring (bicyclic) bond motifs is 4. The van der Waals surface area contributed by atoms with E-state index in [1.165, 1.54) is 4.90 Å². The second kappa shape index (κ2) is 6.92. The molecule has 2 fully saturated rings. The minimum absolute atomic E-state index is 0.130. The molecule has 2 aromatic carbocycles. The lowest BCUT2D eigenvalue weighted by Crippen LogP contribution is -2.99. The number of para-hydroxylation sites is 1. The summed E-state index contributed by atoms with van der Waals surface area (Å²) in [5.74, 6) is -1.05. The average molecular weight is 420 g/mol. The van der Waals surface area contributed by atoms with E-state index in [0.29, 0.717) is 5.75 Å². The molecule has 0 bridgehead atoms. The van der Waals surface area contributed by atoms with E-state index in [1.54, 1.807) is 7.11 Å². The van der Waals surface area contributed by atoms with Gasteiger partial charge >= 0.3 is 0 Å². The molecule has 31 heavy (non-hydrogen) atoms. The number of hydrogen-bond acceptors (Lipinski definition) is 4. The Balaban J connectivity index is 1.56. The number of carbonyl (C=O) groups excluding carboxylic acids is 3. The zero-order chi connectivity index (χ0) is 21.9. The molecule has 3 aliphatic rings. The van der Waals surface area contributed by atoms with Gasteiger partial charge in [-0.2, -0.15) is 0 Å². The van der Waals surface area contributed by atoms with Gasteiger partial charge in [-0.15, -0.1) is 0 Å². The maximum Gasteiger partial charge on any atom is 0.291 e. The molecule has 1 spiro atoms. The van der Waals surface area contributed by atoms with Crippen LogP contribution in [0.2, 0.25) is 0 Å². The van der Waals surface area contributed by atoms with Crippen LogP contribution >= 0.6 is 0 Å². The van der Waals surface area contributed by atoms with Crippen molar-refractivity contribution in [3.63, 3.8) is 0 Å². The normalized spacial score (nSPS) is 29.0. The Hall–Kier alpha value is -3.19. The van der Waals surface area contributed by atoms with Crippen LogP contribution in [0, 0.1) is 17.8 Å². The molecular weight excluding hydrogens is 394 g/mol. The first-order valence-corrected chi connectivity index (χ1v) is 10.6. The van der Waals surface area contributed by atoms with Crippen LogP contribution in [0.15, 0.2) is 48.5 Å². The first kappa shape index (κ1) is 19.8. The Morgan fingerprint density at radius 3 is 2.45 bits per heavy atom. The summed E-state index contributed by atoms with van der Waals surface area (Å²) in [5.41, 5.74) is 1.27. The summed E-state index contributed by atoms with van der Waals surface area (Å²) in [4.78, 5) is 41.9. The smallest absolute Gasteiger partial charge is 0.291 e.